The highest BCUT2D eigenvalue weighted by molar-refractivity contribution is 5.79. The van der Waals surface area contributed by atoms with E-state index in [2.05, 4.69) is 0 Å². The van der Waals surface area contributed by atoms with Gasteiger partial charge in [-0.05, 0) is 31.6 Å². The van der Waals surface area contributed by atoms with Gasteiger partial charge in [-0.2, -0.15) is 0 Å². The Labute approximate surface area is 103 Å². The lowest BCUT2D eigenvalue weighted by molar-refractivity contribution is -0.135. The SMILES string of the molecule is O=C(C1CCCCC1)N1C[C@@H]2CC[C@@H](O)[C@@H]2C1. The highest BCUT2D eigenvalue weighted by atomic mass is 16.3. The lowest BCUT2D eigenvalue weighted by atomic mass is 9.88. The molecule has 0 aromatic heterocycles. The molecule has 3 heteroatoms. The zero-order valence-electron chi connectivity index (χ0n) is 10.5. The Morgan fingerprint density at radius 3 is 2.47 bits per heavy atom. The van der Waals surface area contributed by atoms with Crippen LogP contribution in [-0.2, 0) is 4.79 Å². The van der Waals surface area contributed by atoms with E-state index >= 15 is 0 Å². The Bertz CT molecular complexity index is 299. The van der Waals surface area contributed by atoms with Crippen LogP contribution in [-0.4, -0.2) is 35.1 Å². The summed E-state index contributed by atoms with van der Waals surface area (Å²) in [4.78, 5) is 14.4. The molecule has 3 atom stereocenters. The van der Waals surface area contributed by atoms with Gasteiger partial charge in [-0.25, -0.2) is 0 Å². The number of carbonyl (C=O) groups excluding carboxylic acids is 1. The van der Waals surface area contributed by atoms with Gasteiger partial charge in [0.1, 0.15) is 0 Å². The molecular formula is C14H23NO2. The molecule has 96 valence electrons. The van der Waals surface area contributed by atoms with Crippen LogP contribution in [0.2, 0.25) is 0 Å². The van der Waals surface area contributed by atoms with Crippen molar-refractivity contribution in [1.29, 1.82) is 0 Å². The topological polar surface area (TPSA) is 40.5 Å². The number of carbonyl (C=O) groups is 1. The second-order valence-corrected chi connectivity index (χ2v) is 6.15. The van der Waals surface area contributed by atoms with Crippen LogP contribution in [0.4, 0.5) is 0 Å². The monoisotopic (exact) mass is 237 g/mol. The average Bonchev–Trinajstić information content (AvgIpc) is 2.92. The molecule has 1 N–H and O–H groups in total. The van der Waals surface area contributed by atoms with Crippen LogP contribution < -0.4 is 0 Å². The normalized spacial score (nSPS) is 38.4. The first-order valence-electron chi connectivity index (χ1n) is 7.22. The van der Waals surface area contributed by atoms with Crippen LogP contribution in [0.3, 0.4) is 0 Å². The largest absolute Gasteiger partial charge is 0.393 e. The maximum absolute atomic E-state index is 12.4. The zero-order valence-corrected chi connectivity index (χ0v) is 10.5. The summed E-state index contributed by atoms with van der Waals surface area (Å²) in [5.74, 6) is 1.63. The number of fused-ring (bicyclic) bond motifs is 1. The van der Waals surface area contributed by atoms with Gasteiger partial charge in [-0.15, -0.1) is 0 Å². The molecule has 0 bridgehead atoms. The first-order chi connectivity index (χ1) is 8.25. The van der Waals surface area contributed by atoms with Crippen molar-refractivity contribution in [3.63, 3.8) is 0 Å². The van der Waals surface area contributed by atoms with Gasteiger partial charge < -0.3 is 10.0 Å². The molecule has 1 saturated heterocycles. The fraction of sp³-hybridized carbons (Fsp3) is 0.929. The third-order valence-corrected chi connectivity index (χ3v) is 5.09. The summed E-state index contributed by atoms with van der Waals surface area (Å²) in [5.41, 5.74) is 0. The van der Waals surface area contributed by atoms with Crippen LogP contribution in [0.1, 0.15) is 44.9 Å². The fourth-order valence-electron chi connectivity index (χ4n) is 4.02. The molecule has 3 fully saturated rings. The van der Waals surface area contributed by atoms with Crippen LogP contribution in [0.25, 0.3) is 0 Å². The van der Waals surface area contributed by atoms with E-state index in [-0.39, 0.29) is 6.10 Å². The second-order valence-electron chi connectivity index (χ2n) is 6.15. The van der Waals surface area contributed by atoms with Crippen molar-refractivity contribution < 1.29 is 9.90 Å². The van der Waals surface area contributed by atoms with Crippen molar-refractivity contribution in [2.75, 3.05) is 13.1 Å². The maximum Gasteiger partial charge on any atom is 0.225 e. The van der Waals surface area contributed by atoms with E-state index in [1.54, 1.807) is 0 Å². The molecular weight excluding hydrogens is 214 g/mol. The first-order valence-corrected chi connectivity index (χ1v) is 7.22. The predicted molar refractivity (Wildman–Crippen MR) is 65.4 cm³/mol. The minimum Gasteiger partial charge on any atom is -0.393 e. The number of hydrogen-bond donors (Lipinski definition) is 1. The number of amides is 1. The fourth-order valence-corrected chi connectivity index (χ4v) is 4.02. The summed E-state index contributed by atoms with van der Waals surface area (Å²) < 4.78 is 0. The Kier molecular flexibility index (Phi) is 3.12. The number of hydrogen-bond acceptors (Lipinski definition) is 2. The lowest BCUT2D eigenvalue weighted by Crippen LogP contribution is -2.36. The third-order valence-electron chi connectivity index (χ3n) is 5.09. The van der Waals surface area contributed by atoms with Crippen molar-refractivity contribution in [3.05, 3.63) is 0 Å². The van der Waals surface area contributed by atoms with E-state index in [1.807, 2.05) is 4.90 Å². The van der Waals surface area contributed by atoms with E-state index in [1.165, 1.54) is 19.3 Å². The second kappa shape index (κ2) is 4.60. The quantitative estimate of drug-likeness (QED) is 0.755. The molecule has 0 spiro atoms. The van der Waals surface area contributed by atoms with Gasteiger partial charge in [0.05, 0.1) is 6.10 Å². The zero-order chi connectivity index (χ0) is 11.8. The maximum atomic E-state index is 12.4. The highest BCUT2D eigenvalue weighted by Gasteiger charge is 2.44. The van der Waals surface area contributed by atoms with Crippen LogP contribution in [0.5, 0.6) is 0 Å². The summed E-state index contributed by atoms with van der Waals surface area (Å²) in [7, 11) is 0. The molecule has 0 aromatic carbocycles. The summed E-state index contributed by atoms with van der Waals surface area (Å²) in [6.45, 7) is 1.73. The lowest BCUT2D eigenvalue weighted by Gasteiger charge is -2.27. The number of nitrogens with zero attached hydrogens (tertiary/aromatic N) is 1. The summed E-state index contributed by atoms with van der Waals surface area (Å²) in [6, 6.07) is 0. The summed E-state index contributed by atoms with van der Waals surface area (Å²) in [6.07, 6.45) is 7.83. The van der Waals surface area contributed by atoms with Crippen molar-refractivity contribution in [2.24, 2.45) is 17.8 Å². The molecule has 0 aromatic rings. The van der Waals surface area contributed by atoms with Gasteiger partial charge >= 0.3 is 0 Å². The molecule has 0 radical (unpaired) electrons. The van der Waals surface area contributed by atoms with E-state index in [9.17, 15) is 9.90 Å². The molecule has 2 aliphatic carbocycles. The Morgan fingerprint density at radius 1 is 1.00 bits per heavy atom. The van der Waals surface area contributed by atoms with Crippen molar-refractivity contribution >= 4 is 5.91 Å². The number of aliphatic hydroxyl groups excluding tert-OH is 1. The van der Waals surface area contributed by atoms with Gasteiger partial charge in [0.25, 0.3) is 0 Å². The molecule has 2 saturated carbocycles. The standard InChI is InChI=1S/C14H23NO2/c16-13-7-6-11-8-15(9-12(11)13)14(17)10-4-2-1-3-5-10/h10-13,16H,1-9H2/t11-,12+,13+/m0/s1. The predicted octanol–water partition coefficient (Wildman–Crippen LogP) is 1.80. The molecule has 3 nitrogen and oxygen atoms in total. The summed E-state index contributed by atoms with van der Waals surface area (Å²) in [5, 5.41) is 9.87. The van der Waals surface area contributed by atoms with Crippen molar-refractivity contribution in [2.45, 2.75) is 51.0 Å². The Morgan fingerprint density at radius 2 is 1.76 bits per heavy atom. The van der Waals surface area contributed by atoms with Crippen LogP contribution >= 0.6 is 0 Å². The van der Waals surface area contributed by atoms with E-state index in [4.69, 9.17) is 0 Å². The smallest absolute Gasteiger partial charge is 0.225 e. The minimum absolute atomic E-state index is 0.149. The van der Waals surface area contributed by atoms with E-state index in [0.29, 0.717) is 23.7 Å². The Hall–Kier alpha value is -0.570. The minimum atomic E-state index is -0.149. The third kappa shape index (κ3) is 2.10. The van der Waals surface area contributed by atoms with Crippen LogP contribution in [0.15, 0.2) is 0 Å². The summed E-state index contributed by atoms with van der Waals surface area (Å²) >= 11 is 0. The molecule has 3 rings (SSSR count). The number of rotatable bonds is 1. The Balaban J connectivity index is 1.60. The van der Waals surface area contributed by atoms with Gasteiger partial charge in [0.2, 0.25) is 5.91 Å². The molecule has 1 amide bonds. The van der Waals surface area contributed by atoms with E-state index in [0.717, 1.165) is 38.8 Å². The highest BCUT2D eigenvalue weighted by Crippen LogP contribution is 2.39. The van der Waals surface area contributed by atoms with Crippen LogP contribution in [0, 0.1) is 17.8 Å². The van der Waals surface area contributed by atoms with Gasteiger partial charge in [0.15, 0.2) is 0 Å². The molecule has 1 heterocycles. The van der Waals surface area contributed by atoms with Gasteiger partial charge in [-0.3, -0.25) is 4.79 Å². The molecule has 1 aliphatic heterocycles. The average molecular weight is 237 g/mol. The molecule has 0 unspecified atom stereocenters. The molecule has 3 aliphatic rings. The van der Waals surface area contributed by atoms with Crippen molar-refractivity contribution in [3.8, 4) is 0 Å². The van der Waals surface area contributed by atoms with Gasteiger partial charge in [-0.1, -0.05) is 19.3 Å². The van der Waals surface area contributed by atoms with Crippen molar-refractivity contribution in [1.82, 2.24) is 4.90 Å². The van der Waals surface area contributed by atoms with Gasteiger partial charge in [0, 0.05) is 24.9 Å². The number of aliphatic hydroxyl groups is 1. The van der Waals surface area contributed by atoms with E-state index < -0.39 is 0 Å². The molecule has 17 heavy (non-hydrogen) atoms. The first kappa shape index (κ1) is 11.5. The number of likely N-dealkylation sites (tertiary alicyclic amines) is 1.